The molecule has 5 rings (SSSR count). The molecule has 3 aromatic rings. The Morgan fingerprint density at radius 1 is 1.13 bits per heavy atom. The highest BCUT2D eigenvalue weighted by atomic mass is 19.1. The maximum absolute atomic E-state index is 13.8. The normalized spacial score (nSPS) is 16.9. The van der Waals surface area contributed by atoms with Crippen LogP contribution in [0, 0.1) is 12.7 Å². The summed E-state index contributed by atoms with van der Waals surface area (Å²) in [6.45, 7) is 3.89. The Morgan fingerprint density at radius 3 is 2.67 bits per heavy atom. The Labute approximate surface area is 226 Å². The van der Waals surface area contributed by atoms with Gasteiger partial charge in [0.2, 0.25) is 0 Å². The lowest BCUT2D eigenvalue weighted by Gasteiger charge is -2.34. The summed E-state index contributed by atoms with van der Waals surface area (Å²) in [6, 6.07) is 15.1. The van der Waals surface area contributed by atoms with E-state index in [1.165, 1.54) is 12.1 Å². The number of nitrogens with zero attached hydrogens (tertiary/aromatic N) is 1. The van der Waals surface area contributed by atoms with Crippen molar-refractivity contribution in [3.63, 3.8) is 0 Å². The van der Waals surface area contributed by atoms with Crippen molar-refractivity contribution in [2.75, 3.05) is 12.4 Å². The molecule has 0 bridgehead atoms. The number of rotatable bonds is 7. The monoisotopic (exact) mass is 527 g/mol. The molecular weight excluding hydrogens is 497 g/mol. The molecule has 1 atom stereocenters. The zero-order valence-electron chi connectivity index (χ0n) is 22.1. The SMILES string of the molecule is COc1ccc([C@H]2C(C(=O)Nc3ncccc3C)=C(C)NC3=C2C(=O)CCC3)cc1COc1ccc(F)cc1. The molecular formula is C31H30FN3O4. The molecule has 0 fully saturated rings. The summed E-state index contributed by atoms with van der Waals surface area (Å²) in [4.78, 5) is 31.4. The van der Waals surface area contributed by atoms with Crippen molar-refractivity contribution in [1.29, 1.82) is 0 Å². The van der Waals surface area contributed by atoms with Gasteiger partial charge in [-0.15, -0.1) is 0 Å². The highest BCUT2D eigenvalue weighted by Crippen LogP contribution is 2.43. The fourth-order valence-electron chi connectivity index (χ4n) is 5.19. The van der Waals surface area contributed by atoms with Crippen molar-refractivity contribution in [3.8, 4) is 11.5 Å². The van der Waals surface area contributed by atoms with E-state index in [-0.39, 0.29) is 24.1 Å². The smallest absolute Gasteiger partial charge is 0.255 e. The summed E-state index contributed by atoms with van der Waals surface area (Å²) in [6.07, 6.45) is 3.56. The van der Waals surface area contributed by atoms with E-state index in [1.807, 2.05) is 44.2 Å². The molecule has 0 spiro atoms. The van der Waals surface area contributed by atoms with Crippen molar-refractivity contribution < 1.29 is 23.5 Å². The number of hydrogen-bond acceptors (Lipinski definition) is 6. The first-order valence-corrected chi connectivity index (χ1v) is 12.9. The number of amides is 1. The van der Waals surface area contributed by atoms with Crippen LogP contribution >= 0.6 is 0 Å². The number of carbonyl (C=O) groups is 2. The first-order chi connectivity index (χ1) is 18.9. The number of allylic oxidation sites excluding steroid dienone is 3. The summed E-state index contributed by atoms with van der Waals surface area (Å²) in [5.41, 5.74) is 4.98. The molecule has 8 heteroatoms. The van der Waals surface area contributed by atoms with E-state index in [4.69, 9.17) is 9.47 Å². The van der Waals surface area contributed by atoms with E-state index < -0.39 is 5.92 Å². The third-order valence-corrected chi connectivity index (χ3v) is 7.11. The van der Waals surface area contributed by atoms with Crippen LogP contribution in [0.25, 0.3) is 0 Å². The standard InChI is InChI=1S/C31H30FN3O4/c1-18-6-5-15-33-30(18)35-31(37)27-19(2)34-24-7-4-8-25(36)29(24)28(27)20-9-14-26(38-3)21(16-20)17-39-23-12-10-22(32)11-13-23/h5-6,9-16,28,34H,4,7-8,17H2,1-3H3,(H,33,35,37)/t28-/m0/s1. The van der Waals surface area contributed by atoms with Crippen molar-refractivity contribution in [2.24, 2.45) is 0 Å². The van der Waals surface area contributed by atoms with Gasteiger partial charge in [-0.3, -0.25) is 9.59 Å². The number of halogens is 1. The molecule has 1 aromatic heterocycles. The topological polar surface area (TPSA) is 89.5 Å². The number of pyridine rings is 1. The van der Waals surface area contributed by atoms with Crippen LogP contribution in [0.3, 0.4) is 0 Å². The van der Waals surface area contributed by atoms with Crippen LogP contribution in [0.1, 0.15) is 48.8 Å². The molecule has 2 N–H and O–H groups in total. The van der Waals surface area contributed by atoms with E-state index in [9.17, 15) is 14.0 Å². The first kappa shape index (κ1) is 26.2. The molecule has 39 heavy (non-hydrogen) atoms. The molecule has 200 valence electrons. The van der Waals surface area contributed by atoms with Crippen LogP contribution in [0.2, 0.25) is 0 Å². The lowest BCUT2D eigenvalue weighted by molar-refractivity contribution is -0.116. The fourth-order valence-corrected chi connectivity index (χ4v) is 5.19. The van der Waals surface area contributed by atoms with E-state index in [1.54, 1.807) is 25.4 Å². The van der Waals surface area contributed by atoms with Crippen LogP contribution < -0.4 is 20.1 Å². The number of ketones is 1. The molecule has 1 amide bonds. The fraction of sp³-hybridized carbons (Fsp3) is 0.258. The predicted molar refractivity (Wildman–Crippen MR) is 146 cm³/mol. The van der Waals surface area contributed by atoms with Gasteiger partial charge in [-0.05, 0) is 80.3 Å². The van der Waals surface area contributed by atoms with Gasteiger partial charge in [0, 0.05) is 46.6 Å². The summed E-state index contributed by atoms with van der Waals surface area (Å²) in [5.74, 6) is 0.377. The number of carbonyl (C=O) groups excluding carboxylic acids is 2. The molecule has 0 saturated heterocycles. The average molecular weight is 528 g/mol. The number of methoxy groups -OCH3 is 1. The number of hydrogen-bond donors (Lipinski definition) is 2. The second-order valence-corrected chi connectivity index (χ2v) is 9.70. The number of Topliss-reactive ketones (excluding diaryl/α,β-unsaturated/α-hetero) is 1. The molecule has 0 unspecified atom stereocenters. The van der Waals surface area contributed by atoms with Gasteiger partial charge in [0.25, 0.3) is 5.91 Å². The summed E-state index contributed by atoms with van der Waals surface area (Å²) in [5, 5.41) is 6.29. The summed E-state index contributed by atoms with van der Waals surface area (Å²) < 4.78 is 24.8. The van der Waals surface area contributed by atoms with Gasteiger partial charge < -0.3 is 20.1 Å². The van der Waals surface area contributed by atoms with Gasteiger partial charge in [0.1, 0.15) is 29.7 Å². The van der Waals surface area contributed by atoms with Crippen molar-refractivity contribution in [2.45, 2.75) is 45.6 Å². The van der Waals surface area contributed by atoms with Crippen molar-refractivity contribution in [3.05, 3.63) is 106 Å². The van der Waals surface area contributed by atoms with Crippen LogP contribution in [-0.2, 0) is 16.2 Å². The Morgan fingerprint density at radius 2 is 1.92 bits per heavy atom. The predicted octanol–water partition coefficient (Wildman–Crippen LogP) is 5.72. The number of aromatic nitrogens is 1. The minimum absolute atomic E-state index is 0.0282. The molecule has 0 radical (unpaired) electrons. The molecule has 2 aliphatic rings. The maximum atomic E-state index is 13.8. The number of benzene rings is 2. The number of ether oxygens (including phenoxy) is 2. The Bertz CT molecular complexity index is 1490. The second-order valence-electron chi connectivity index (χ2n) is 9.70. The van der Waals surface area contributed by atoms with Gasteiger partial charge in [-0.25, -0.2) is 9.37 Å². The zero-order valence-corrected chi connectivity index (χ0v) is 22.1. The Kier molecular flexibility index (Phi) is 7.45. The lowest BCUT2D eigenvalue weighted by Crippen LogP contribution is -2.35. The molecule has 7 nitrogen and oxygen atoms in total. The molecule has 1 aliphatic carbocycles. The highest BCUT2D eigenvalue weighted by Gasteiger charge is 2.38. The number of dihydropyridines is 1. The van der Waals surface area contributed by atoms with Crippen LogP contribution in [0.5, 0.6) is 11.5 Å². The van der Waals surface area contributed by atoms with Crippen LogP contribution in [0.4, 0.5) is 10.2 Å². The minimum Gasteiger partial charge on any atom is -0.496 e. The van der Waals surface area contributed by atoms with E-state index in [0.29, 0.717) is 40.6 Å². The molecule has 2 aromatic carbocycles. The van der Waals surface area contributed by atoms with Crippen molar-refractivity contribution >= 4 is 17.5 Å². The van der Waals surface area contributed by atoms with E-state index in [2.05, 4.69) is 15.6 Å². The third kappa shape index (κ3) is 5.41. The largest absolute Gasteiger partial charge is 0.496 e. The van der Waals surface area contributed by atoms with E-state index >= 15 is 0 Å². The minimum atomic E-state index is -0.575. The van der Waals surface area contributed by atoms with Gasteiger partial charge in [-0.1, -0.05) is 12.1 Å². The van der Waals surface area contributed by atoms with Crippen molar-refractivity contribution in [1.82, 2.24) is 10.3 Å². The molecule has 2 heterocycles. The quantitative estimate of drug-likeness (QED) is 0.408. The summed E-state index contributed by atoms with van der Waals surface area (Å²) in [7, 11) is 1.57. The Balaban J connectivity index is 1.55. The van der Waals surface area contributed by atoms with Crippen LogP contribution in [0.15, 0.2) is 83.3 Å². The average Bonchev–Trinajstić information content (AvgIpc) is 2.93. The van der Waals surface area contributed by atoms with Gasteiger partial charge >= 0.3 is 0 Å². The van der Waals surface area contributed by atoms with Gasteiger partial charge in [0.15, 0.2) is 5.78 Å². The zero-order chi connectivity index (χ0) is 27.5. The highest BCUT2D eigenvalue weighted by molar-refractivity contribution is 6.09. The third-order valence-electron chi connectivity index (χ3n) is 7.11. The Hall–Kier alpha value is -4.46. The number of aryl methyl sites for hydroxylation is 1. The van der Waals surface area contributed by atoms with Gasteiger partial charge in [-0.2, -0.15) is 0 Å². The number of anilines is 1. The van der Waals surface area contributed by atoms with Crippen LogP contribution in [-0.4, -0.2) is 23.8 Å². The maximum Gasteiger partial charge on any atom is 0.255 e. The van der Waals surface area contributed by atoms with Gasteiger partial charge in [0.05, 0.1) is 7.11 Å². The summed E-state index contributed by atoms with van der Waals surface area (Å²) >= 11 is 0. The first-order valence-electron chi connectivity index (χ1n) is 12.9. The lowest BCUT2D eigenvalue weighted by atomic mass is 9.74. The second kappa shape index (κ2) is 11.1. The molecule has 1 aliphatic heterocycles. The number of nitrogens with one attached hydrogen (secondary N) is 2. The van der Waals surface area contributed by atoms with E-state index in [0.717, 1.165) is 35.2 Å². The molecule has 0 saturated carbocycles.